The van der Waals surface area contributed by atoms with Crippen LogP contribution in [0.25, 0.3) is 56.0 Å². The van der Waals surface area contributed by atoms with E-state index in [-0.39, 0.29) is 51.0 Å². The zero-order valence-corrected chi connectivity index (χ0v) is 31.6. The van der Waals surface area contributed by atoms with E-state index in [9.17, 15) is 0 Å². The minimum atomic E-state index is -1.94. The van der Waals surface area contributed by atoms with Gasteiger partial charge in [-0.25, -0.2) is 0 Å². The number of hydrogen-bond donors (Lipinski definition) is 0. The zero-order valence-electron chi connectivity index (χ0n) is 26.6. The third-order valence-corrected chi connectivity index (χ3v) is 14.7. The fraction of sp³-hybridized carbons (Fsp3) is 0.143. The van der Waals surface area contributed by atoms with Crippen LogP contribution in [0, 0.1) is 0 Å². The largest absolute Gasteiger partial charge is 2.00 e. The van der Waals surface area contributed by atoms with E-state index in [1.807, 2.05) is 0 Å². The van der Waals surface area contributed by atoms with Crippen molar-refractivity contribution in [1.82, 2.24) is 0 Å². The summed E-state index contributed by atoms with van der Waals surface area (Å²) in [5, 5.41) is 5.19. The van der Waals surface area contributed by atoms with E-state index in [1.165, 1.54) is 77.2 Å². The Hall–Kier alpha value is -3.00. The van der Waals surface area contributed by atoms with Crippen LogP contribution in [0.1, 0.15) is 47.2 Å². The van der Waals surface area contributed by atoms with Gasteiger partial charge in [-0.05, 0) is 92.0 Å². The van der Waals surface area contributed by atoms with Gasteiger partial charge in [0, 0.05) is 11.1 Å². The van der Waals surface area contributed by atoms with Crippen LogP contribution in [0.4, 0.5) is 0 Å². The van der Waals surface area contributed by atoms with Crippen molar-refractivity contribution in [2.75, 3.05) is 0 Å². The molecule has 0 fully saturated rings. The van der Waals surface area contributed by atoms with Gasteiger partial charge in [-0.3, -0.25) is 0 Å². The molecule has 0 saturated heterocycles. The molecule has 2 atom stereocenters. The molecule has 6 aromatic carbocycles. The maximum Gasteiger partial charge on any atom is 2.00 e. The molecule has 0 amide bonds. The second kappa shape index (κ2) is 13.2. The van der Waals surface area contributed by atoms with Crippen molar-refractivity contribution in [3.63, 3.8) is 0 Å². The SMILES string of the molecule is CC1=Cc2c(-c3ccc4ccccc4c3)cccc2C1[Si](C)(C)C1C(C)=Cc2c(-c3ccc4ccccc4c3)cccc21.[Cl-].[Cl-].[Zr+2]. The van der Waals surface area contributed by atoms with Crippen LogP contribution in [0.15, 0.2) is 132 Å². The van der Waals surface area contributed by atoms with Crippen molar-refractivity contribution >= 4 is 41.8 Å². The van der Waals surface area contributed by atoms with Crippen molar-refractivity contribution in [2.24, 2.45) is 0 Å². The summed E-state index contributed by atoms with van der Waals surface area (Å²) in [5.41, 5.74) is 15.2. The Morgan fingerprint density at radius 2 is 0.848 bits per heavy atom. The molecule has 4 heteroatoms. The van der Waals surface area contributed by atoms with Gasteiger partial charge in [0.1, 0.15) is 0 Å². The summed E-state index contributed by atoms with van der Waals surface area (Å²) in [4.78, 5) is 0. The molecule has 0 saturated carbocycles. The molecule has 226 valence electrons. The zero-order chi connectivity index (χ0) is 29.3. The first kappa shape index (κ1) is 34.3. The molecule has 0 heterocycles. The molecule has 2 aliphatic rings. The number of halogens is 2. The van der Waals surface area contributed by atoms with Crippen LogP contribution < -0.4 is 24.8 Å². The molecule has 2 unspecified atom stereocenters. The van der Waals surface area contributed by atoms with Crippen LogP contribution in [0.3, 0.4) is 0 Å². The van der Waals surface area contributed by atoms with Gasteiger partial charge in [0.25, 0.3) is 0 Å². The van der Waals surface area contributed by atoms with Gasteiger partial charge in [0.2, 0.25) is 0 Å². The molecule has 0 aliphatic heterocycles. The number of benzene rings is 6. The number of rotatable bonds is 4. The number of fused-ring (bicyclic) bond motifs is 4. The molecule has 0 radical (unpaired) electrons. The van der Waals surface area contributed by atoms with Crippen LogP contribution in [-0.4, -0.2) is 8.07 Å². The van der Waals surface area contributed by atoms with Gasteiger partial charge < -0.3 is 24.8 Å². The number of allylic oxidation sites excluding steroid dienone is 2. The van der Waals surface area contributed by atoms with Crippen molar-refractivity contribution in [3.8, 4) is 22.3 Å². The molecule has 2 aliphatic carbocycles. The Balaban J connectivity index is 0.00000139. The summed E-state index contributed by atoms with van der Waals surface area (Å²) in [7, 11) is -1.94. The fourth-order valence-corrected chi connectivity index (χ4v) is 13.4. The van der Waals surface area contributed by atoms with Crippen molar-refractivity contribution in [1.29, 1.82) is 0 Å². The minimum absolute atomic E-state index is 0. The van der Waals surface area contributed by atoms with Crippen LogP contribution in [0.2, 0.25) is 13.1 Å². The van der Waals surface area contributed by atoms with E-state index >= 15 is 0 Å². The fourth-order valence-electron chi connectivity index (χ4n) is 8.46. The van der Waals surface area contributed by atoms with Gasteiger partial charge in [-0.1, -0.05) is 146 Å². The predicted octanol–water partition coefficient (Wildman–Crippen LogP) is 5.82. The van der Waals surface area contributed by atoms with Crippen molar-refractivity contribution in [2.45, 2.75) is 38.0 Å². The van der Waals surface area contributed by atoms with E-state index in [4.69, 9.17) is 0 Å². The summed E-state index contributed by atoms with van der Waals surface area (Å²) in [6.45, 7) is 10.0. The first-order valence-corrected chi connectivity index (χ1v) is 18.7. The first-order chi connectivity index (χ1) is 20.9. The molecule has 0 N–H and O–H groups in total. The Morgan fingerprint density at radius 3 is 1.26 bits per heavy atom. The predicted molar refractivity (Wildman–Crippen MR) is 189 cm³/mol. The van der Waals surface area contributed by atoms with Gasteiger partial charge >= 0.3 is 26.2 Å². The second-order valence-electron chi connectivity index (χ2n) is 13.2. The van der Waals surface area contributed by atoms with Crippen LogP contribution in [-0.2, 0) is 26.2 Å². The Kier molecular flexibility index (Phi) is 9.89. The topological polar surface area (TPSA) is 0 Å². The van der Waals surface area contributed by atoms with E-state index < -0.39 is 8.07 Å². The van der Waals surface area contributed by atoms with E-state index in [1.54, 1.807) is 0 Å². The molecule has 0 bridgehead atoms. The molecule has 0 nitrogen and oxygen atoms in total. The average Bonchev–Trinajstić information content (AvgIpc) is 3.56. The maximum absolute atomic E-state index is 2.63. The Morgan fingerprint density at radius 1 is 0.457 bits per heavy atom. The standard InChI is InChI=1S/C42H36Si.2ClH.Zr/c1-27-23-39-35(33-21-19-29-11-5-7-13-31(29)25-33)15-9-17-37(39)41(27)43(3,4)42-28(2)24-40-36(16-10-18-38(40)42)34-22-20-30-12-6-8-14-32(30)26-34;;;/h5-26,41-42H,1-4H3;2*1H;/q;;;+2/p-2. The number of hydrogen-bond acceptors (Lipinski definition) is 0. The molecule has 46 heavy (non-hydrogen) atoms. The molecular weight excluding hydrogens is 695 g/mol. The van der Waals surface area contributed by atoms with Crippen molar-refractivity contribution < 1.29 is 51.0 Å². The molecule has 0 aromatic heterocycles. The van der Waals surface area contributed by atoms with Gasteiger partial charge in [-0.15, -0.1) is 0 Å². The van der Waals surface area contributed by atoms with E-state index in [0.29, 0.717) is 11.1 Å². The minimum Gasteiger partial charge on any atom is -1.00 e. The molecule has 6 aromatic rings. The van der Waals surface area contributed by atoms with Gasteiger partial charge in [0.15, 0.2) is 0 Å². The Labute approximate surface area is 305 Å². The Bertz CT molecular complexity index is 2010. The maximum atomic E-state index is 2.63. The summed E-state index contributed by atoms with van der Waals surface area (Å²) < 4.78 is 0. The molecule has 8 rings (SSSR count). The molecule has 0 spiro atoms. The second-order valence-corrected chi connectivity index (χ2v) is 18.0. The summed E-state index contributed by atoms with van der Waals surface area (Å²) in [6.07, 6.45) is 5.00. The third-order valence-electron chi connectivity index (χ3n) is 10.2. The van der Waals surface area contributed by atoms with Gasteiger partial charge in [0.05, 0.1) is 8.07 Å². The summed E-state index contributed by atoms with van der Waals surface area (Å²) in [5.74, 6) is 0. The average molecular weight is 731 g/mol. The van der Waals surface area contributed by atoms with E-state index in [2.05, 4.69) is 160 Å². The van der Waals surface area contributed by atoms with Crippen LogP contribution in [0.5, 0.6) is 0 Å². The normalized spacial score (nSPS) is 16.4. The summed E-state index contributed by atoms with van der Waals surface area (Å²) in [6, 6.07) is 45.2. The molecular formula is C42H36Cl2SiZr. The van der Waals surface area contributed by atoms with E-state index in [0.717, 1.165) is 0 Å². The monoisotopic (exact) mass is 728 g/mol. The van der Waals surface area contributed by atoms with Crippen molar-refractivity contribution in [3.05, 3.63) is 155 Å². The van der Waals surface area contributed by atoms with Crippen LogP contribution >= 0.6 is 0 Å². The quantitative estimate of drug-likeness (QED) is 0.201. The third kappa shape index (κ3) is 5.52. The summed E-state index contributed by atoms with van der Waals surface area (Å²) >= 11 is 0. The smallest absolute Gasteiger partial charge is 1.00 e. The first-order valence-electron chi connectivity index (χ1n) is 15.5. The van der Waals surface area contributed by atoms with Gasteiger partial charge in [-0.2, -0.15) is 0 Å².